The minimum absolute atomic E-state index is 0.0730. The molecule has 0 aliphatic carbocycles. The summed E-state index contributed by atoms with van der Waals surface area (Å²) in [6.45, 7) is 4.65. The molecule has 0 aliphatic heterocycles. The van der Waals surface area contributed by atoms with E-state index in [0.717, 1.165) is 23.7 Å². The second-order valence-electron chi connectivity index (χ2n) is 6.12. The average Bonchev–Trinajstić information content (AvgIpc) is 2.60. The lowest BCUT2D eigenvalue weighted by Gasteiger charge is -2.05. The molecule has 24 heavy (non-hydrogen) atoms. The van der Waals surface area contributed by atoms with E-state index in [1.54, 1.807) is 0 Å². The molecule has 0 spiro atoms. The van der Waals surface area contributed by atoms with Gasteiger partial charge >= 0.3 is 5.97 Å². The second-order valence-corrected chi connectivity index (χ2v) is 6.91. The van der Waals surface area contributed by atoms with Crippen LogP contribution in [0.2, 0.25) is 0 Å². The Kier molecular flexibility index (Phi) is 17.9. The van der Waals surface area contributed by atoms with E-state index in [4.69, 9.17) is 4.74 Å². The number of halogens is 1. The highest BCUT2D eigenvalue weighted by Gasteiger charge is 2.03. The number of carbonyl (C=O) groups excluding carboxylic acids is 1. The summed E-state index contributed by atoms with van der Waals surface area (Å²) in [6, 6.07) is 9.83. The molecule has 1 aromatic rings. The van der Waals surface area contributed by atoms with Gasteiger partial charge in [-0.15, -0.1) is 0 Å². The highest BCUT2D eigenvalue weighted by molar-refractivity contribution is 9.09. The highest BCUT2D eigenvalue weighted by Crippen LogP contribution is 2.11. The van der Waals surface area contributed by atoms with Crippen molar-refractivity contribution in [3.63, 3.8) is 0 Å². The molecule has 0 saturated carbocycles. The maximum Gasteiger partial charge on any atom is 0.306 e. The summed E-state index contributed by atoms with van der Waals surface area (Å²) in [5.41, 5.74) is 1.05. The Morgan fingerprint density at radius 1 is 0.875 bits per heavy atom. The lowest BCUT2D eigenvalue weighted by Crippen LogP contribution is -2.04. The van der Waals surface area contributed by atoms with Crippen molar-refractivity contribution in [1.29, 1.82) is 0 Å². The van der Waals surface area contributed by atoms with Crippen LogP contribution in [0.25, 0.3) is 0 Å². The van der Waals surface area contributed by atoms with Gasteiger partial charge in [-0.1, -0.05) is 105 Å². The Hall–Kier alpha value is -0.830. The summed E-state index contributed by atoms with van der Waals surface area (Å²) >= 11 is 3.45. The van der Waals surface area contributed by atoms with E-state index >= 15 is 0 Å². The summed E-state index contributed by atoms with van der Waals surface area (Å²) in [7, 11) is 0. The van der Waals surface area contributed by atoms with Gasteiger partial charge in [-0.25, -0.2) is 0 Å². The van der Waals surface area contributed by atoms with Crippen molar-refractivity contribution in [3.8, 4) is 0 Å². The largest absolute Gasteiger partial charge is 0.461 e. The maximum absolute atomic E-state index is 11.6. The fraction of sp³-hybridized carbons (Fsp3) is 0.667. The van der Waals surface area contributed by atoms with Gasteiger partial charge in [-0.2, -0.15) is 0 Å². The summed E-state index contributed by atoms with van der Waals surface area (Å²) in [4.78, 5) is 11.6. The molecule has 0 amide bonds. The zero-order valence-corrected chi connectivity index (χ0v) is 17.2. The van der Waals surface area contributed by atoms with Gasteiger partial charge in [0.1, 0.15) is 6.61 Å². The SMILES string of the molecule is CCC.O=C(CCCCCCCCCCBr)OCc1ccccc1. The van der Waals surface area contributed by atoms with Crippen LogP contribution in [-0.4, -0.2) is 11.3 Å². The molecule has 0 aliphatic rings. The van der Waals surface area contributed by atoms with Gasteiger partial charge in [-0.3, -0.25) is 4.79 Å². The molecule has 0 bridgehead atoms. The van der Waals surface area contributed by atoms with Crippen molar-refractivity contribution in [1.82, 2.24) is 0 Å². The van der Waals surface area contributed by atoms with Crippen LogP contribution in [0, 0.1) is 0 Å². The van der Waals surface area contributed by atoms with Gasteiger partial charge in [0.2, 0.25) is 0 Å². The first kappa shape index (κ1) is 23.2. The molecule has 0 N–H and O–H groups in total. The monoisotopic (exact) mass is 398 g/mol. The predicted molar refractivity (Wildman–Crippen MR) is 108 cm³/mol. The molecule has 138 valence electrons. The van der Waals surface area contributed by atoms with Crippen molar-refractivity contribution in [2.24, 2.45) is 0 Å². The minimum atomic E-state index is -0.0730. The van der Waals surface area contributed by atoms with Gasteiger partial charge < -0.3 is 4.74 Å². The third-order valence-corrected chi connectivity index (χ3v) is 4.07. The van der Waals surface area contributed by atoms with Crippen LogP contribution in [0.5, 0.6) is 0 Å². The number of esters is 1. The first-order valence-corrected chi connectivity index (χ1v) is 10.6. The van der Waals surface area contributed by atoms with Crippen molar-refractivity contribution in [2.75, 3.05) is 5.33 Å². The third kappa shape index (κ3) is 16.0. The van der Waals surface area contributed by atoms with E-state index in [1.165, 1.54) is 44.9 Å². The quantitative estimate of drug-likeness (QED) is 0.214. The van der Waals surface area contributed by atoms with Gasteiger partial charge in [0.25, 0.3) is 0 Å². The van der Waals surface area contributed by atoms with E-state index in [2.05, 4.69) is 29.8 Å². The van der Waals surface area contributed by atoms with E-state index < -0.39 is 0 Å². The molecule has 3 heteroatoms. The lowest BCUT2D eigenvalue weighted by atomic mass is 10.1. The lowest BCUT2D eigenvalue weighted by molar-refractivity contribution is -0.145. The van der Waals surface area contributed by atoms with Gasteiger partial charge in [0, 0.05) is 11.8 Å². The van der Waals surface area contributed by atoms with E-state index in [-0.39, 0.29) is 5.97 Å². The van der Waals surface area contributed by atoms with Crippen LogP contribution < -0.4 is 0 Å². The number of ether oxygens (including phenoxy) is 1. The number of benzene rings is 1. The number of alkyl halides is 1. The normalized spacial score (nSPS) is 9.96. The predicted octanol–water partition coefficient (Wildman–Crippen LogP) is 7.05. The summed E-state index contributed by atoms with van der Waals surface area (Å²) in [6.07, 6.45) is 11.7. The molecular weight excluding hydrogens is 364 g/mol. The highest BCUT2D eigenvalue weighted by atomic mass is 79.9. The molecular formula is C21H35BrO2. The number of unbranched alkanes of at least 4 members (excludes halogenated alkanes) is 7. The standard InChI is InChI=1S/C18H27BrO2.C3H8/c19-15-11-6-4-2-1-3-5-10-14-18(20)21-16-17-12-8-7-9-13-17;1-3-2/h7-9,12-13H,1-6,10-11,14-16H2;3H2,1-2H3. The van der Waals surface area contributed by atoms with Crippen molar-refractivity contribution < 1.29 is 9.53 Å². The Morgan fingerprint density at radius 3 is 1.92 bits per heavy atom. The number of hydrogen-bond acceptors (Lipinski definition) is 2. The van der Waals surface area contributed by atoms with Crippen LogP contribution in [0.1, 0.15) is 83.6 Å². The van der Waals surface area contributed by atoms with Gasteiger partial charge in [0.05, 0.1) is 0 Å². The number of rotatable bonds is 12. The topological polar surface area (TPSA) is 26.3 Å². The fourth-order valence-corrected chi connectivity index (χ4v) is 2.63. The van der Waals surface area contributed by atoms with Gasteiger partial charge in [-0.05, 0) is 18.4 Å². The molecule has 1 rings (SSSR count). The van der Waals surface area contributed by atoms with Crippen LogP contribution in [0.15, 0.2) is 30.3 Å². The molecule has 0 radical (unpaired) electrons. The van der Waals surface area contributed by atoms with Crippen molar-refractivity contribution in [2.45, 2.75) is 84.7 Å². The van der Waals surface area contributed by atoms with E-state index in [0.29, 0.717) is 13.0 Å². The van der Waals surface area contributed by atoms with Crippen LogP contribution in [-0.2, 0) is 16.1 Å². The van der Waals surface area contributed by atoms with Crippen LogP contribution in [0.4, 0.5) is 0 Å². The Bertz CT molecular complexity index is 379. The Morgan fingerprint density at radius 2 is 1.38 bits per heavy atom. The molecule has 0 unspecified atom stereocenters. The van der Waals surface area contributed by atoms with E-state index in [1.807, 2.05) is 30.3 Å². The average molecular weight is 399 g/mol. The molecule has 0 heterocycles. The summed E-state index contributed by atoms with van der Waals surface area (Å²) < 4.78 is 5.26. The Balaban J connectivity index is 0.00000163. The smallest absolute Gasteiger partial charge is 0.306 e. The summed E-state index contributed by atoms with van der Waals surface area (Å²) in [5, 5.41) is 1.12. The molecule has 0 atom stereocenters. The van der Waals surface area contributed by atoms with Crippen LogP contribution >= 0.6 is 15.9 Å². The number of carbonyl (C=O) groups is 1. The third-order valence-electron chi connectivity index (χ3n) is 3.51. The van der Waals surface area contributed by atoms with E-state index in [9.17, 15) is 4.79 Å². The van der Waals surface area contributed by atoms with Crippen molar-refractivity contribution >= 4 is 21.9 Å². The molecule has 0 saturated heterocycles. The van der Waals surface area contributed by atoms with Gasteiger partial charge in [0.15, 0.2) is 0 Å². The molecule has 2 nitrogen and oxygen atoms in total. The molecule has 0 fully saturated rings. The second kappa shape index (κ2) is 18.5. The zero-order chi connectivity index (χ0) is 17.9. The zero-order valence-electron chi connectivity index (χ0n) is 15.6. The maximum atomic E-state index is 11.6. The fourth-order valence-electron chi connectivity index (χ4n) is 2.23. The summed E-state index contributed by atoms with van der Waals surface area (Å²) in [5.74, 6) is -0.0730. The first-order chi connectivity index (χ1) is 11.7. The van der Waals surface area contributed by atoms with Crippen LogP contribution in [0.3, 0.4) is 0 Å². The molecule has 1 aromatic carbocycles. The first-order valence-electron chi connectivity index (χ1n) is 9.50. The van der Waals surface area contributed by atoms with Crippen molar-refractivity contribution in [3.05, 3.63) is 35.9 Å². The minimum Gasteiger partial charge on any atom is -0.461 e. The Labute approximate surface area is 157 Å². The molecule has 0 aromatic heterocycles. The number of hydrogen-bond donors (Lipinski definition) is 0.